The van der Waals surface area contributed by atoms with Crippen molar-refractivity contribution in [2.45, 2.75) is 19.9 Å². The zero-order valence-corrected chi connectivity index (χ0v) is 11.6. The van der Waals surface area contributed by atoms with Crippen LogP contribution in [0.15, 0.2) is 48.8 Å². The predicted molar refractivity (Wildman–Crippen MR) is 79.4 cm³/mol. The smallest absolute Gasteiger partial charge is 0.315 e. The van der Waals surface area contributed by atoms with Crippen LogP contribution in [-0.4, -0.2) is 17.6 Å². The van der Waals surface area contributed by atoms with Gasteiger partial charge in [0.2, 0.25) is 0 Å². The summed E-state index contributed by atoms with van der Waals surface area (Å²) in [4.78, 5) is 15.6. The number of hydrogen-bond donors (Lipinski definition) is 2. The molecule has 104 valence electrons. The maximum atomic E-state index is 11.6. The van der Waals surface area contributed by atoms with Crippen LogP contribution >= 0.6 is 0 Å². The lowest BCUT2D eigenvalue weighted by molar-refractivity contribution is 0.240. The molecule has 0 saturated heterocycles. The third-order valence-electron chi connectivity index (χ3n) is 3.00. The minimum atomic E-state index is -0.152. The third-order valence-corrected chi connectivity index (χ3v) is 3.00. The zero-order chi connectivity index (χ0) is 14.2. The molecular formula is C16H19N3O. The van der Waals surface area contributed by atoms with E-state index in [9.17, 15) is 4.79 Å². The number of carbonyl (C=O) groups is 1. The molecule has 0 unspecified atom stereocenters. The van der Waals surface area contributed by atoms with Gasteiger partial charge in [-0.2, -0.15) is 0 Å². The second-order valence-corrected chi connectivity index (χ2v) is 4.71. The summed E-state index contributed by atoms with van der Waals surface area (Å²) in [6.07, 6.45) is 4.29. The average Bonchev–Trinajstić information content (AvgIpc) is 2.48. The Morgan fingerprint density at radius 2 is 1.90 bits per heavy atom. The van der Waals surface area contributed by atoms with Crippen LogP contribution in [0.3, 0.4) is 0 Å². The van der Waals surface area contributed by atoms with Crippen molar-refractivity contribution in [1.82, 2.24) is 15.6 Å². The first kappa shape index (κ1) is 14.1. The summed E-state index contributed by atoms with van der Waals surface area (Å²) in [5.41, 5.74) is 3.46. The molecule has 2 N–H and O–H groups in total. The van der Waals surface area contributed by atoms with E-state index < -0.39 is 0 Å². The molecule has 20 heavy (non-hydrogen) atoms. The van der Waals surface area contributed by atoms with Crippen molar-refractivity contribution in [1.29, 1.82) is 0 Å². The first-order chi connectivity index (χ1) is 9.74. The number of pyridine rings is 1. The third kappa shape index (κ3) is 4.72. The van der Waals surface area contributed by atoms with E-state index in [1.807, 2.05) is 12.1 Å². The maximum Gasteiger partial charge on any atom is 0.315 e. The Morgan fingerprint density at radius 1 is 1.10 bits per heavy atom. The maximum absolute atomic E-state index is 11.6. The quantitative estimate of drug-likeness (QED) is 0.876. The molecule has 4 nitrogen and oxygen atoms in total. The summed E-state index contributed by atoms with van der Waals surface area (Å²) >= 11 is 0. The molecule has 1 aromatic heterocycles. The molecular weight excluding hydrogens is 250 g/mol. The number of rotatable bonds is 5. The van der Waals surface area contributed by atoms with E-state index in [4.69, 9.17) is 0 Å². The molecule has 0 saturated carbocycles. The second kappa shape index (κ2) is 7.28. The lowest BCUT2D eigenvalue weighted by atomic mass is 10.1. The van der Waals surface area contributed by atoms with Gasteiger partial charge < -0.3 is 10.6 Å². The monoisotopic (exact) mass is 269 g/mol. The predicted octanol–water partition coefficient (Wildman–Crippen LogP) is 2.43. The molecule has 0 aliphatic carbocycles. The van der Waals surface area contributed by atoms with Crippen LogP contribution in [0.4, 0.5) is 4.79 Å². The Labute approximate surface area is 119 Å². The molecule has 2 rings (SSSR count). The number of urea groups is 1. The fraction of sp³-hybridized carbons (Fsp3) is 0.250. The molecule has 4 heteroatoms. The Bertz CT molecular complexity index is 537. The number of nitrogens with one attached hydrogen (secondary N) is 2. The van der Waals surface area contributed by atoms with Gasteiger partial charge in [-0.05, 0) is 30.5 Å². The molecule has 1 aromatic carbocycles. The van der Waals surface area contributed by atoms with Gasteiger partial charge in [0.1, 0.15) is 0 Å². The summed E-state index contributed by atoms with van der Waals surface area (Å²) in [6, 6.07) is 12.0. The van der Waals surface area contributed by atoms with Crippen LogP contribution in [0.25, 0.3) is 0 Å². The topological polar surface area (TPSA) is 54.0 Å². The Morgan fingerprint density at radius 3 is 2.60 bits per heavy atom. The van der Waals surface area contributed by atoms with Gasteiger partial charge >= 0.3 is 6.03 Å². The molecule has 0 aliphatic heterocycles. The van der Waals surface area contributed by atoms with Crippen molar-refractivity contribution < 1.29 is 4.79 Å². The summed E-state index contributed by atoms with van der Waals surface area (Å²) < 4.78 is 0. The van der Waals surface area contributed by atoms with Gasteiger partial charge in [-0.3, -0.25) is 4.98 Å². The number of aromatic nitrogens is 1. The van der Waals surface area contributed by atoms with Gasteiger partial charge in [0.05, 0.1) is 0 Å². The van der Waals surface area contributed by atoms with E-state index in [1.165, 1.54) is 11.1 Å². The van der Waals surface area contributed by atoms with Crippen molar-refractivity contribution >= 4 is 6.03 Å². The fourth-order valence-electron chi connectivity index (χ4n) is 1.82. The van der Waals surface area contributed by atoms with Gasteiger partial charge in [0.15, 0.2) is 0 Å². The highest BCUT2D eigenvalue weighted by Crippen LogP contribution is 2.03. The number of amides is 2. The van der Waals surface area contributed by atoms with Crippen LogP contribution < -0.4 is 10.6 Å². The Hall–Kier alpha value is -2.36. The largest absolute Gasteiger partial charge is 0.338 e. The summed E-state index contributed by atoms with van der Waals surface area (Å²) in [5, 5.41) is 5.65. The molecule has 0 spiro atoms. The van der Waals surface area contributed by atoms with Gasteiger partial charge in [-0.1, -0.05) is 35.9 Å². The minimum absolute atomic E-state index is 0.152. The van der Waals surface area contributed by atoms with Crippen LogP contribution in [0.5, 0.6) is 0 Å². The van der Waals surface area contributed by atoms with Gasteiger partial charge in [0, 0.05) is 25.5 Å². The van der Waals surface area contributed by atoms with E-state index in [2.05, 4.69) is 46.8 Å². The lowest BCUT2D eigenvalue weighted by Crippen LogP contribution is -2.36. The summed E-state index contributed by atoms with van der Waals surface area (Å²) in [6.45, 7) is 3.18. The van der Waals surface area contributed by atoms with Crippen molar-refractivity contribution in [2.75, 3.05) is 6.54 Å². The number of nitrogens with zero attached hydrogens (tertiary/aromatic N) is 1. The summed E-state index contributed by atoms with van der Waals surface area (Å²) in [7, 11) is 0. The van der Waals surface area contributed by atoms with Crippen molar-refractivity contribution in [3.63, 3.8) is 0 Å². The van der Waals surface area contributed by atoms with Crippen LogP contribution in [0, 0.1) is 6.92 Å². The summed E-state index contributed by atoms with van der Waals surface area (Å²) in [5.74, 6) is 0. The van der Waals surface area contributed by atoms with Crippen molar-refractivity contribution in [3.05, 3.63) is 65.5 Å². The van der Waals surface area contributed by atoms with Crippen LogP contribution in [-0.2, 0) is 13.0 Å². The van der Waals surface area contributed by atoms with Crippen LogP contribution in [0.1, 0.15) is 16.7 Å². The van der Waals surface area contributed by atoms with E-state index in [-0.39, 0.29) is 6.03 Å². The van der Waals surface area contributed by atoms with Gasteiger partial charge in [0.25, 0.3) is 0 Å². The van der Waals surface area contributed by atoms with E-state index in [0.717, 1.165) is 12.0 Å². The van der Waals surface area contributed by atoms with E-state index >= 15 is 0 Å². The molecule has 0 bridgehead atoms. The molecule has 1 heterocycles. The van der Waals surface area contributed by atoms with E-state index in [0.29, 0.717) is 13.1 Å². The molecule has 2 amide bonds. The second-order valence-electron chi connectivity index (χ2n) is 4.71. The number of benzene rings is 1. The SMILES string of the molecule is Cc1ccc(CCNC(=O)NCc2cccnc2)cc1. The zero-order valence-electron chi connectivity index (χ0n) is 11.6. The molecule has 0 radical (unpaired) electrons. The standard InChI is InChI=1S/C16H19N3O/c1-13-4-6-14(7-5-13)8-10-18-16(20)19-12-15-3-2-9-17-11-15/h2-7,9,11H,8,10,12H2,1H3,(H2,18,19,20). The molecule has 0 fully saturated rings. The number of hydrogen-bond acceptors (Lipinski definition) is 2. The lowest BCUT2D eigenvalue weighted by Gasteiger charge is -2.07. The highest BCUT2D eigenvalue weighted by molar-refractivity contribution is 5.73. The highest BCUT2D eigenvalue weighted by Gasteiger charge is 2.00. The Kier molecular flexibility index (Phi) is 5.12. The van der Waals surface area contributed by atoms with Crippen molar-refractivity contribution in [2.24, 2.45) is 0 Å². The Balaban J connectivity index is 1.66. The van der Waals surface area contributed by atoms with Gasteiger partial charge in [-0.15, -0.1) is 0 Å². The minimum Gasteiger partial charge on any atom is -0.338 e. The first-order valence-electron chi connectivity index (χ1n) is 6.70. The molecule has 2 aromatic rings. The average molecular weight is 269 g/mol. The molecule has 0 aliphatic rings. The first-order valence-corrected chi connectivity index (χ1v) is 6.70. The van der Waals surface area contributed by atoms with Crippen molar-refractivity contribution in [3.8, 4) is 0 Å². The highest BCUT2D eigenvalue weighted by atomic mass is 16.2. The fourth-order valence-corrected chi connectivity index (χ4v) is 1.82. The number of carbonyl (C=O) groups excluding carboxylic acids is 1. The van der Waals surface area contributed by atoms with Gasteiger partial charge in [-0.25, -0.2) is 4.79 Å². The van der Waals surface area contributed by atoms with Crippen LogP contribution in [0.2, 0.25) is 0 Å². The molecule has 0 atom stereocenters. The van der Waals surface area contributed by atoms with E-state index in [1.54, 1.807) is 12.4 Å². The normalized spacial score (nSPS) is 10.1. The number of aryl methyl sites for hydroxylation is 1.